The highest BCUT2D eigenvalue weighted by molar-refractivity contribution is 6.06. The van der Waals surface area contributed by atoms with Crippen LogP contribution in [0.4, 0.5) is 5.69 Å². The van der Waals surface area contributed by atoms with Crippen LogP contribution >= 0.6 is 0 Å². The Hall–Kier alpha value is -3.19. The average Bonchev–Trinajstić information content (AvgIpc) is 3.31. The number of benzene rings is 1. The van der Waals surface area contributed by atoms with Gasteiger partial charge in [-0.25, -0.2) is 0 Å². The van der Waals surface area contributed by atoms with Gasteiger partial charge in [0.05, 0.1) is 5.56 Å². The van der Waals surface area contributed by atoms with Crippen molar-refractivity contribution in [3.05, 3.63) is 68.1 Å². The Morgan fingerprint density at radius 1 is 1.21 bits per heavy atom. The highest BCUT2D eigenvalue weighted by atomic mass is 16.1. The number of aromatic amines is 1. The van der Waals surface area contributed by atoms with E-state index in [1.807, 2.05) is 26.0 Å². The SMILES string of the molecule is Cc1cc(C)c(CNC(=O)c2cc(C3=CCNCC3)cc(NC3CCCC3)c2C=N)c(=O)[nH]1. The van der Waals surface area contributed by atoms with Crippen molar-refractivity contribution in [2.45, 2.75) is 58.5 Å². The summed E-state index contributed by atoms with van der Waals surface area (Å²) in [6.45, 7) is 5.57. The molecular weight excluding hydrogens is 414 g/mol. The number of rotatable bonds is 7. The summed E-state index contributed by atoms with van der Waals surface area (Å²) in [6.07, 6.45) is 8.93. The standard InChI is InChI=1S/C26H33N5O2/c1-16-11-17(2)30-26(33)23(16)15-29-25(32)21-12-19(18-7-9-28-10-8-18)13-24(22(21)14-27)31-20-5-3-4-6-20/h7,11-14,20,27-28,31H,3-6,8-10,15H2,1-2H3,(H,29,32)(H,30,33). The second kappa shape index (κ2) is 10.2. The number of H-pyrrole nitrogens is 1. The van der Waals surface area contributed by atoms with Crippen LogP contribution in [-0.4, -0.2) is 36.2 Å². The molecule has 1 fully saturated rings. The molecule has 2 aliphatic rings. The molecule has 1 aliphatic heterocycles. The summed E-state index contributed by atoms with van der Waals surface area (Å²) in [7, 11) is 0. The summed E-state index contributed by atoms with van der Waals surface area (Å²) in [6, 6.07) is 6.24. The molecule has 1 aliphatic carbocycles. The fraction of sp³-hybridized carbons (Fsp3) is 0.423. The van der Waals surface area contributed by atoms with E-state index in [1.54, 1.807) is 0 Å². The summed E-state index contributed by atoms with van der Waals surface area (Å²) < 4.78 is 0. The number of pyridine rings is 1. The largest absolute Gasteiger partial charge is 0.382 e. The molecule has 0 atom stereocenters. The van der Waals surface area contributed by atoms with E-state index >= 15 is 0 Å². The number of hydrogen-bond donors (Lipinski definition) is 5. The fourth-order valence-electron chi connectivity index (χ4n) is 4.84. The Morgan fingerprint density at radius 2 is 2.00 bits per heavy atom. The molecule has 0 radical (unpaired) electrons. The minimum Gasteiger partial charge on any atom is -0.382 e. The summed E-state index contributed by atoms with van der Waals surface area (Å²) in [4.78, 5) is 28.5. The van der Waals surface area contributed by atoms with Crippen molar-refractivity contribution in [2.24, 2.45) is 0 Å². The minimum absolute atomic E-state index is 0.139. The molecule has 0 bridgehead atoms. The molecule has 33 heavy (non-hydrogen) atoms. The Bertz CT molecular complexity index is 1140. The molecule has 1 aromatic heterocycles. The number of aromatic nitrogens is 1. The van der Waals surface area contributed by atoms with Gasteiger partial charge in [-0.3, -0.25) is 9.59 Å². The summed E-state index contributed by atoms with van der Waals surface area (Å²) >= 11 is 0. The molecular formula is C26H33N5O2. The van der Waals surface area contributed by atoms with Gasteiger partial charge >= 0.3 is 0 Å². The van der Waals surface area contributed by atoms with Crippen LogP contribution in [0.2, 0.25) is 0 Å². The predicted octanol–water partition coefficient (Wildman–Crippen LogP) is 3.65. The second-order valence-electron chi connectivity index (χ2n) is 9.06. The van der Waals surface area contributed by atoms with E-state index in [1.165, 1.54) is 24.6 Å². The molecule has 4 rings (SSSR count). The van der Waals surface area contributed by atoms with E-state index in [9.17, 15) is 9.59 Å². The highest BCUT2D eigenvalue weighted by Gasteiger charge is 2.21. The van der Waals surface area contributed by atoms with Gasteiger partial charge in [0.25, 0.3) is 11.5 Å². The molecule has 0 spiro atoms. The van der Waals surface area contributed by atoms with Crippen LogP contribution < -0.4 is 21.5 Å². The number of carbonyl (C=O) groups excluding carboxylic acids is 1. The van der Waals surface area contributed by atoms with E-state index in [2.05, 4.69) is 33.1 Å². The van der Waals surface area contributed by atoms with Crippen LogP contribution in [0.1, 0.15) is 70.4 Å². The van der Waals surface area contributed by atoms with Crippen molar-refractivity contribution < 1.29 is 4.79 Å². The first-order valence-electron chi connectivity index (χ1n) is 11.8. The summed E-state index contributed by atoms with van der Waals surface area (Å²) in [5, 5.41) is 17.9. The Morgan fingerprint density at radius 3 is 2.67 bits per heavy atom. The molecule has 0 saturated heterocycles. The maximum atomic E-state index is 13.3. The van der Waals surface area contributed by atoms with Crippen molar-refractivity contribution >= 4 is 23.4 Å². The van der Waals surface area contributed by atoms with E-state index < -0.39 is 0 Å². The van der Waals surface area contributed by atoms with Gasteiger partial charge in [-0.2, -0.15) is 0 Å². The average molecular weight is 448 g/mol. The molecule has 1 aromatic carbocycles. The quantitative estimate of drug-likeness (QED) is 0.417. The summed E-state index contributed by atoms with van der Waals surface area (Å²) in [5.41, 5.74) is 6.12. The van der Waals surface area contributed by atoms with Gasteiger partial charge in [0.1, 0.15) is 0 Å². The van der Waals surface area contributed by atoms with Gasteiger partial charge in [-0.05, 0) is 74.6 Å². The van der Waals surface area contributed by atoms with Crippen LogP contribution in [0, 0.1) is 19.3 Å². The van der Waals surface area contributed by atoms with Crippen LogP contribution in [0.3, 0.4) is 0 Å². The molecule has 7 nitrogen and oxygen atoms in total. The third-order valence-electron chi connectivity index (χ3n) is 6.64. The molecule has 174 valence electrons. The number of aryl methyl sites for hydroxylation is 2. The first-order chi connectivity index (χ1) is 16.0. The lowest BCUT2D eigenvalue weighted by Crippen LogP contribution is -2.29. The van der Waals surface area contributed by atoms with E-state index in [0.29, 0.717) is 22.7 Å². The first kappa shape index (κ1) is 23.0. The molecule has 5 N–H and O–H groups in total. The van der Waals surface area contributed by atoms with Crippen molar-refractivity contribution in [2.75, 3.05) is 18.4 Å². The molecule has 0 unspecified atom stereocenters. The van der Waals surface area contributed by atoms with Crippen LogP contribution in [0.5, 0.6) is 0 Å². The lowest BCUT2D eigenvalue weighted by atomic mass is 9.93. The molecule has 2 aromatic rings. The maximum Gasteiger partial charge on any atom is 0.253 e. The Labute approximate surface area is 194 Å². The van der Waals surface area contributed by atoms with Crippen LogP contribution in [0.15, 0.2) is 29.1 Å². The monoisotopic (exact) mass is 447 g/mol. The third kappa shape index (κ3) is 5.25. The fourth-order valence-corrected chi connectivity index (χ4v) is 4.84. The number of amides is 1. The van der Waals surface area contributed by atoms with Crippen molar-refractivity contribution in [1.29, 1.82) is 5.41 Å². The maximum absolute atomic E-state index is 13.3. The number of carbonyl (C=O) groups is 1. The smallest absolute Gasteiger partial charge is 0.253 e. The molecule has 7 heteroatoms. The Balaban J connectivity index is 1.67. The number of anilines is 1. The first-order valence-corrected chi connectivity index (χ1v) is 11.8. The van der Waals surface area contributed by atoms with E-state index in [-0.39, 0.29) is 18.0 Å². The van der Waals surface area contributed by atoms with Gasteiger partial charge in [0, 0.05) is 47.9 Å². The van der Waals surface area contributed by atoms with Gasteiger partial charge in [0.15, 0.2) is 0 Å². The van der Waals surface area contributed by atoms with Gasteiger partial charge < -0.3 is 26.3 Å². The van der Waals surface area contributed by atoms with Crippen molar-refractivity contribution in [1.82, 2.24) is 15.6 Å². The lowest BCUT2D eigenvalue weighted by molar-refractivity contribution is 0.0950. The zero-order chi connectivity index (χ0) is 23.4. The zero-order valence-corrected chi connectivity index (χ0v) is 19.4. The van der Waals surface area contributed by atoms with Crippen molar-refractivity contribution in [3.8, 4) is 0 Å². The van der Waals surface area contributed by atoms with E-state index in [4.69, 9.17) is 5.41 Å². The molecule has 1 amide bonds. The number of nitrogens with one attached hydrogen (secondary N) is 5. The molecule has 1 saturated carbocycles. The van der Waals surface area contributed by atoms with Gasteiger partial charge in [-0.15, -0.1) is 0 Å². The Kier molecular flexibility index (Phi) is 7.08. The van der Waals surface area contributed by atoms with Crippen LogP contribution in [-0.2, 0) is 6.54 Å². The van der Waals surface area contributed by atoms with Crippen molar-refractivity contribution in [3.63, 3.8) is 0 Å². The predicted molar refractivity (Wildman–Crippen MR) is 133 cm³/mol. The molecule has 2 heterocycles. The van der Waals surface area contributed by atoms with E-state index in [0.717, 1.165) is 54.9 Å². The lowest BCUT2D eigenvalue weighted by Gasteiger charge is -2.21. The number of hydrogen-bond acceptors (Lipinski definition) is 5. The van der Waals surface area contributed by atoms with Gasteiger partial charge in [-0.1, -0.05) is 18.9 Å². The summed E-state index contributed by atoms with van der Waals surface area (Å²) in [5.74, 6) is -0.279. The van der Waals surface area contributed by atoms with Gasteiger partial charge in [0.2, 0.25) is 0 Å². The third-order valence-corrected chi connectivity index (χ3v) is 6.64. The second-order valence-corrected chi connectivity index (χ2v) is 9.06. The van der Waals surface area contributed by atoms with Crippen LogP contribution in [0.25, 0.3) is 5.57 Å². The zero-order valence-electron chi connectivity index (χ0n) is 19.4. The topological polar surface area (TPSA) is 110 Å². The normalized spacial score (nSPS) is 16.4. The minimum atomic E-state index is -0.279. The highest BCUT2D eigenvalue weighted by Crippen LogP contribution is 2.31.